The standard InChI is InChI=1S/C19H21F2NO2/c1-12-10-15(20)6-8-16(12)17-7-5-14(11-18(17)21)19(24)22-13(2)4-3-9-23/h5-8,10-11,13,23H,3-4,9H2,1-2H3,(H,22,24). The van der Waals surface area contributed by atoms with Gasteiger partial charge in [-0.25, -0.2) is 8.78 Å². The van der Waals surface area contributed by atoms with E-state index in [9.17, 15) is 13.6 Å². The highest BCUT2D eigenvalue weighted by Crippen LogP contribution is 2.27. The van der Waals surface area contributed by atoms with Crippen LogP contribution in [0, 0.1) is 18.6 Å². The summed E-state index contributed by atoms with van der Waals surface area (Å²) < 4.78 is 27.6. The first kappa shape index (κ1) is 18.1. The summed E-state index contributed by atoms with van der Waals surface area (Å²) in [5.41, 5.74) is 1.78. The molecule has 2 aromatic rings. The molecule has 128 valence electrons. The Hall–Kier alpha value is -2.27. The zero-order valence-corrected chi connectivity index (χ0v) is 13.8. The maximum Gasteiger partial charge on any atom is 0.251 e. The summed E-state index contributed by atoms with van der Waals surface area (Å²) in [5, 5.41) is 11.6. The molecular formula is C19H21F2NO2. The Morgan fingerprint density at radius 2 is 1.88 bits per heavy atom. The van der Waals surface area contributed by atoms with E-state index in [1.165, 1.54) is 30.3 Å². The number of aliphatic hydroxyl groups excluding tert-OH is 1. The van der Waals surface area contributed by atoms with Gasteiger partial charge in [-0.3, -0.25) is 4.79 Å². The highest BCUT2D eigenvalue weighted by atomic mass is 19.1. The van der Waals surface area contributed by atoms with E-state index in [0.29, 0.717) is 29.5 Å². The van der Waals surface area contributed by atoms with Gasteiger partial charge >= 0.3 is 0 Å². The summed E-state index contributed by atoms with van der Waals surface area (Å²) >= 11 is 0. The number of halogens is 2. The number of benzene rings is 2. The molecule has 0 aliphatic heterocycles. The number of aliphatic hydroxyl groups is 1. The number of carbonyl (C=O) groups excluding carboxylic acids is 1. The van der Waals surface area contributed by atoms with Gasteiger partial charge in [0.2, 0.25) is 0 Å². The quantitative estimate of drug-likeness (QED) is 0.844. The number of rotatable bonds is 6. The maximum absolute atomic E-state index is 14.4. The van der Waals surface area contributed by atoms with Crippen LogP contribution in [0.1, 0.15) is 35.7 Å². The molecule has 0 radical (unpaired) electrons. The molecule has 1 atom stereocenters. The average Bonchev–Trinajstić information content (AvgIpc) is 2.53. The van der Waals surface area contributed by atoms with E-state index >= 15 is 0 Å². The molecule has 5 heteroatoms. The smallest absolute Gasteiger partial charge is 0.251 e. The van der Waals surface area contributed by atoms with Crippen molar-refractivity contribution >= 4 is 5.91 Å². The zero-order chi connectivity index (χ0) is 17.7. The van der Waals surface area contributed by atoms with Crippen molar-refractivity contribution in [2.24, 2.45) is 0 Å². The SMILES string of the molecule is Cc1cc(F)ccc1-c1ccc(C(=O)NC(C)CCCO)cc1F. The lowest BCUT2D eigenvalue weighted by Gasteiger charge is -2.14. The van der Waals surface area contributed by atoms with E-state index in [2.05, 4.69) is 5.32 Å². The molecule has 0 fully saturated rings. The Bertz CT molecular complexity index is 731. The number of amides is 1. The van der Waals surface area contributed by atoms with Crippen LogP contribution in [0.4, 0.5) is 8.78 Å². The van der Waals surface area contributed by atoms with E-state index in [1.807, 2.05) is 6.92 Å². The molecule has 1 amide bonds. The van der Waals surface area contributed by atoms with Gasteiger partial charge in [0.1, 0.15) is 11.6 Å². The first-order chi connectivity index (χ1) is 11.4. The van der Waals surface area contributed by atoms with Crippen LogP contribution in [0.3, 0.4) is 0 Å². The average molecular weight is 333 g/mol. The molecule has 3 nitrogen and oxygen atoms in total. The second kappa shape index (κ2) is 8.02. The summed E-state index contributed by atoms with van der Waals surface area (Å²) in [5.74, 6) is -1.26. The third-order valence-corrected chi connectivity index (χ3v) is 3.88. The van der Waals surface area contributed by atoms with Gasteiger partial charge in [0.15, 0.2) is 0 Å². The Labute approximate surface area is 140 Å². The van der Waals surface area contributed by atoms with Crippen LogP contribution < -0.4 is 5.32 Å². The van der Waals surface area contributed by atoms with Crippen molar-refractivity contribution in [2.45, 2.75) is 32.7 Å². The largest absolute Gasteiger partial charge is 0.396 e. The fourth-order valence-electron chi connectivity index (χ4n) is 2.58. The molecule has 0 aliphatic carbocycles. The normalized spacial score (nSPS) is 12.0. The molecule has 0 bridgehead atoms. The highest BCUT2D eigenvalue weighted by Gasteiger charge is 2.14. The monoisotopic (exact) mass is 333 g/mol. The lowest BCUT2D eigenvalue weighted by molar-refractivity contribution is 0.0936. The van der Waals surface area contributed by atoms with Crippen molar-refractivity contribution in [3.8, 4) is 11.1 Å². The van der Waals surface area contributed by atoms with Crippen molar-refractivity contribution in [1.29, 1.82) is 0 Å². The Morgan fingerprint density at radius 3 is 2.50 bits per heavy atom. The molecule has 0 saturated carbocycles. The molecule has 0 aliphatic rings. The van der Waals surface area contributed by atoms with Crippen molar-refractivity contribution in [3.63, 3.8) is 0 Å². The topological polar surface area (TPSA) is 49.3 Å². The van der Waals surface area contributed by atoms with E-state index in [1.54, 1.807) is 13.0 Å². The second-order valence-corrected chi connectivity index (χ2v) is 5.89. The highest BCUT2D eigenvalue weighted by molar-refractivity contribution is 5.95. The van der Waals surface area contributed by atoms with Crippen LogP contribution in [0.2, 0.25) is 0 Å². The van der Waals surface area contributed by atoms with Gasteiger partial charge in [-0.1, -0.05) is 12.1 Å². The van der Waals surface area contributed by atoms with E-state index in [4.69, 9.17) is 5.11 Å². The first-order valence-corrected chi connectivity index (χ1v) is 7.90. The summed E-state index contributed by atoms with van der Waals surface area (Å²) in [6.45, 7) is 3.61. The molecule has 0 aromatic heterocycles. The van der Waals surface area contributed by atoms with Crippen LogP contribution in [0.15, 0.2) is 36.4 Å². The van der Waals surface area contributed by atoms with Crippen molar-refractivity contribution in [1.82, 2.24) is 5.32 Å². The minimum absolute atomic E-state index is 0.0700. The van der Waals surface area contributed by atoms with Gasteiger partial charge < -0.3 is 10.4 Å². The number of hydrogen-bond donors (Lipinski definition) is 2. The molecule has 2 rings (SSSR count). The Morgan fingerprint density at radius 1 is 1.17 bits per heavy atom. The van der Waals surface area contributed by atoms with Crippen molar-refractivity contribution < 1.29 is 18.7 Å². The lowest BCUT2D eigenvalue weighted by Crippen LogP contribution is -2.32. The fourth-order valence-corrected chi connectivity index (χ4v) is 2.58. The van der Waals surface area contributed by atoms with Crippen LogP contribution in [-0.4, -0.2) is 23.7 Å². The first-order valence-electron chi connectivity index (χ1n) is 7.90. The summed E-state index contributed by atoms with van der Waals surface area (Å²) in [6, 6.07) is 8.32. The Kier molecular flexibility index (Phi) is 6.04. The summed E-state index contributed by atoms with van der Waals surface area (Å²) in [4.78, 5) is 12.1. The summed E-state index contributed by atoms with van der Waals surface area (Å²) in [7, 11) is 0. The van der Waals surface area contributed by atoms with Gasteiger partial charge in [0.05, 0.1) is 0 Å². The molecule has 0 spiro atoms. The third-order valence-electron chi connectivity index (χ3n) is 3.88. The third kappa shape index (κ3) is 4.38. The maximum atomic E-state index is 14.4. The van der Waals surface area contributed by atoms with E-state index in [-0.39, 0.29) is 29.9 Å². The predicted molar refractivity (Wildman–Crippen MR) is 89.8 cm³/mol. The van der Waals surface area contributed by atoms with Crippen molar-refractivity contribution in [3.05, 3.63) is 59.2 Å². The number of aryl methyl sites for hydroxylation is 1. The molecule has 2 N–H and O–H groups in total. The lowest BCUT2D eigenvalue weighted by atomic mass is 9.98. The molecule has 0 heterocycles. The number of nitrogens with one attached hydrogen (secondary N) is 1. The zero-order valence-electron chi connectivity index (χ0n) is 13.8. The van der Waals surface area contributed by atoms with E-state index < -0.39 is 5.82 Å². The minimum Gasteiger partial charge on any atom is -0.396 e. The van der Waals surface area contributed by atoms with Gasteiger partial charge in [-0.05, 0) is 62.1 Å². The van der Waals surface area contributed by atoms with Gasteiger partial charge in [-0.2, -0.15) is 0 Å². The second-order valence-electron chi connectivity index (χ2n) is 5.89. The fraction of sp³-hybridized carbons (Fsp3) is 0.316. The molecule has 0 saturated heterocycles. The van der Waals surface area contributed by atoms with Crippen molar-refractivity contribution in [2.75, 3.05) is 6.61 Å². The molecule has 2 aromatic carbocycles. The summed E-state index contributed by atoms with van der Waals surface area (Å²) in [6.07, 6.45) is 1.25. The molecular weight excluding hydrogens is 312 g/mol. The van der Waals surface area contributed by atoms with Gasteiger partial charge in [0, 0.05) is 23.8 Å². The minimum atomic E-state index is -0.527. The van der Waals surface area contributed by atoms with Crippen LogP contribution in [0.25, 0.3) is 11.1 Å². The van der Waals surface area contributed by atoms with Crippen LogP contribution >= 0.6 is 0 Å². The van der Waals surface area contributed by atoms with Gasteiger partial charge in [0.25, 0.3) is 5.91 Å². The van der Waals surface area contributed by atoms with Crippen LogP contribution in [0.5, 0.6) is 0 Å². The molecule has 1 unspecified atom stereocenters. The molecule has 24 heavy (non-hydrogen) atoms. The number of hydrogen-bond acceptors (Lipinski definition) is 2. The predicted octanol–water partition coefficient (Wildman–Crippen LogP) is 3.83. The Balaban J connectivity index is 2.19. The number of carbonyl (C=O) groups is 1. The van der Waals surface area contributed by atoms with Crippen LogP contribution in [-0.2, 0) is 0 Å². The van der Waals surface area contributed by atoms with Gasteiger partial charge in [-0.15, -0.1) is 0 Å². The van der Waals surface area contributed by atoms with E-state index in [0.717, 1.165) is 0 Å².